The largest absolute Gasteiger partial charge is 0.460 e. The first-order valence-electron chi connectivity index (χ1n) is 4.89. The third-order valence-corrected chi connectivity index (χ3v) is 3.34. The van der Waals surface area contributed by atoms with Crippen molar-refractivity contribution in [3.8, 4) is 0 Å². The average molecular weight is 223 g/mol. The zero-order chi connectivity index (χ0) is 10.5. The molecule has 0 bridgehead atoms. The van der Waals surface area contributed by atoms with Gasteiger partial charge in [-0.3, -0.25) is 4.79 Å². The minimum absolute atomic E-state index is 0.0336. The molecule has 1 unspecified atom stereocenters. The maximum absolute atomic E-state index is 11.5. The predicted molar refractivity (Wildman–Crippen MR) is 60.5 cm³/mol. The van der Waals surface area contributed by atoms with Crippen LogP contribution in [0.3, 0.4) is 0 Å². The molecule has 0 aromatic heterocycles. The SMILES string of the molecule is O=C(OCc1ccccc1)C1CNCS1. The van der Waals surface area contributed by atoms with Gasteiger partial charge < -0.3 is 10.1 Å². The molecule has 0 amide bonds. The molecule has 0 saturated carbocycles. The molecule has 1 heterocycles. The Morgan fingerprint density at radius 1 is 1.47 bits per heavy atom. The first kappa shape index (κ1) is 10.5. The summed E-state index contributed by atoms with van der Waals surface area (Å²) in [4.78, 5) is 11.5. The van der Waals surface area contributed by atoms with E-state index in [-0.39, 0.29) is 11.2 Å². The first-order valence-corrected chi connectivity index (χ1v) is 5.94. The van der Waals surface area contributed by atoms with Crippen molar-refractivity contribution in [1.29, 1.82) is 0 Å². The molecule has 3 nitrogen and oxygen atoms in total. The number of esters is 1. The van der Waals surface area contributed by atoms with E-state index in [4.69, 9.17) is 4.74 Å². The van der Waals surface area contributed by atoms with E-state index < -0.39 is 0 Å². The van der Waals surface area contributed by atoms with Crippen molar-refractivity contribution < 1.29 is 9.53 Å². The van der Waals surface area contributed by atoms with Gasteiger partial charge in [0.2, 0.25) is 0 Å². The summed E-state index contributed by atoms with van der Waals surface area (Å²) in [5, 5.41) is 3.08. The van der Waals surface area contributed by atoms with Gasteiger partial charge in [-0.15, -0.1) is 11.8 Å². The molecule has 0 spiro atoms. The summed E-state index contributed by atoms with van der Waals surface area (Å²) in [5.74, 6) is 0.722. The van der Waals surface area contributed by atoms with Crippen molar-refractivity contribution in [2.75, 3.05) is 12.4 Å². The van der Waals surface area contributed by atoms with E-state index in [1.165, 1.54) is 0 Å². The predicted octanol–water partition coefficient (Wildman–Crippen LogP) is 1.39. The Bertz CT molecular complexity index is 323. The first-order chi connectivity index (χ1) is 7.36. The van der Waals surface area contributed by atoms with Gasteiger partial charge in [0.25, 0.3) is 0 Å². The van der Waals surface area contributed by atoms with E-state index in [0.717, 1.165) is 18.0 Å². The van der Waals surface area contributed by atoms with Gasteiger partial charge in [-0.2, -0.15) is 0 Å². The molecule has 2 rings (SSSR count). The topological polar surface area (TPSA) is 38.3 Å². The van der Waals surface area contributed by atoms with Gasteiger partial charge in [0.05, 0.1) is 0 Å². The molecule has 1 N–H and O–H groups in total. The molecule has 0 aliphatic carbocycles. The second-order valence-corrected chi connectivity index (χ2v) is 4.54. The maximum atomic E-state index is 11.5. The van der Waals surface area contributed by atoms with E-state index in [9.17, 15) is 4.79 Å². The number of thioether (sulfide) groups is 1. The highest BCUT2D eigenvalue weighted by molar-refractivity contribution is 8.00. The van der Waals surface area contributed by atoms with Gasteiger partial charge in [0, 0.05) is 12.4 Å². The van der Waals surface area contributed by atoms with E-state index in [0.29, 0.717) is 6.61 Å². The standard InChI is InChI=1S/C11H13NO2S/c13-11(10-6-12-8-15-10)14-7-9-4-2-1-3-5-9/h1-5,10,12H,6-8H2. The fourth-order valence-electron chi connectivity index (χ4n) is 1.38. The summed E-state index contributed by atoms with van der Waals surface area (Å²) in [6.45, 7) is 1.09. The molecular formula is C11H13NO2S. The number of rotatable bonds is 3. The van der Waals surface area contributed by atoms with Gasteiger partial charge >= 0.3 is 5.97 Å². The van der Waals surface area contributed by atoms with Crippen LogP contribution in [0.25, 0.3) is 0 Å². The van der Waals surface area contributed by atoms with Crippen LogP contribution in [0.4, 0.5) is 0 Å². The molecule has 1 aliphatic rings. The van der Waals surface area contributed by atoms with Crippen molar-refractivity contribution in [3.05, 3.63) is 35.9 Å². The fraction of sp³-hybridized carbons (Fsp3) is 0.364. The third kappa shape index (κ3) is 2.97. The number of ether oxygens (including phenoxy) is 1. The van der Waals surface area contributed by atoms with Gasteiger partial charge in [0.1, 0.15) is 11.9 Å². The Morgan fingerprint density at radius 3 is 2.93 bits per heavy atom. The van der Waals surface area contributed by atoms with E-state index in [2.05, 4.69) is 5.32 Å². The van der Waals surface area contributed by atoms with Crippen molar-refractivity contribution in [2.45, 2.75) is 11.9 Å². The lowest BCUT2D eigenvalue weighted by Gasteiger charge is -2.08. The fourth-order valence-corrected chi connectivity index (χ4v) is 2.26. The van der Waals surface area contributed by atoms with Crippen LogP contribution in [0.1, 0.15) is 5.56 Å². The Hall–Kier alpha value is -1.00. The minimum Gasteiger partial charge on any atom is -0.460 e. The van der Waals surface area contributed by atoms with Gasteiger partial charge in [0.15, 0.2) is 0 Å². The smallest absolute Gasteiger partial charge is 0.320 e. The average Bonchev–Trinajstić information content (AvgIpc) is 2.81. The molecule has 0 radical (unpaired) electrons. The number of benzene rings is 1. The molecule has 1 saturated heterocycles. The van der Waals surface area contributed by atoms with Crippen LogP contribution in [0.15, 0.2) is 30.3 Å². The van der Waals surface area contributed by atoms with Gasteiger partial charge in [-0.25, -0.2) is 0 Å². The Kier molecular flexibility index (Phi) is 3.64. The molecule has 1 aliphatic heterocycles. The molecule has 1 aromatic rings. The molecule has 80 valence electrons. The van der Waals surface area contributed by atoms with Gasteiger partial charge in [-0.1, -0.05) is 30.3 Å². The number of carbonyl (C=O) groups excluding carboxylic acids is 1. The van der Waals surface area contributed by atoms with Crippen LogP contribution in [0.5, 0.6) is 0 Å². The Labute approximate surface area is 93.2 Å². The lowest BCUT2D eigenvalue weighted by Crippen LogP contribution is -2.23. The van der Waals surface area contributed by atoms with Crippen molar-refractivity contribution >= 4 is 17.7 Å². The van der Waals surface area contributed by atoms with Crippen LogP contribution in [-0.4, -0.2) is 23.6 Å². The molecule has 1 atom stereocenters. The maximum Gasteiger partial charge on any atom is 0.320 e. The zero-order valence-electron chi connectivity index (χ0n) is 8.31. The molecule has 4 heteroatoms. The van der Waals surface area contributed by atoms with Crippen LogP contribution >= 0.6 is 11.8 Å². The monoisotopic (exact) mass is 223 g/mol. The summed E-state index contributed by atoms with van der Waals surface area (Å²) in [7, 11) is 0. The molecular weight excluding hydrogens is 210 g/mol. The summed E-state index contributed by atoms with van der Waals surface area (Å²) in [6.07, 6.45) is 0. The second-order valence-electron chi connectivity index (χ2n) is 3.35. The summed E-state index contributed by atoms with van der Waals surface area (Å²) < 4.78 is 5.21. The highest BCUT2D eigenvalue weighted by Gasteiger charge is 2.24. The second kappa shape index (κ2) is 5.19. The Morgan fingerprint density at radius 2 is 2.27 bits per heavy atom. The van der Waals surface area contributed by atoms with Gasteiger partial charge in [-0.05, 0) is 5.56 Å². The lowest BCUT2D eigenvalue weighted by atomic mass is 10.2. The van der Waals surface area contributed by atoms with Crippen molar-refractivity contribution in [2.24, 2.45) is 0 Å². The van der Waals surface area contributed by atoms with Crippen molar-refractivity contribution in [3.63, 3.8) is 0 Å². The van der Waals surface area contributed by atoms with E-state index in [1.54, 1.807) is 11.8 Å². The van der Waals surface area contributed by atoms with Crippen LogP contribution in [-0.2, 0) is 16.1 Å². The third-order valence-electron chi connectivity index (χ3n) is 2.20. The van der Waals surface area contributed by atoms with E-state index >= 15 is 0 Å². The van der Waals surface area contributed by atoms with Crippen LogP contribution < -0.4 is 5.32 Å². The quantitative estimate of drug-likeness (QED) is 0.786. The number of hydrogen-bond donors (Lipinski definition) is 1. The number of nitrogens with one attached hydrogen (secondary N) is 1. The zero-order valence-corrected chi connectivity index (χ0v) is 9.13. The van der Waals surface area contributed by atoms with E-state index in [1.807, 2.05) is 30.3 Å². The molecule has 15 heavy (non-hydrogen) atoms. The number of hydrogen-bond acceptors (Lipinski definition) is 4. The summed E-state index contributed by atoms with van der Waals surface area (Å²) >= 11 is 1.60. The van der Waals surface area contributed by atoms with Crippen molar-refractivity contribution in [1.82, 2.24) is 5.32 Å². The lowest BCUT2D eigenvalue weighted by molar-refractivity contribution is -0.144. The summed E-state index contributed by atoms with van der Waals surface area (Å²) in [6, 6.07) is 9.73. The molecule has 1 fully saturated rings. The summed E-state index contributed by atoms with van der Waals surface area (Å²) in [5.41, 5.74) is 1.03. The van der Waals surface area contributed by atoms with Crippen LogP contribution in [0.2, 0.25) is 0 Å². The normalized spacial score (nSPS) is 20.1. The Balaban J connectivity index is 1.80. The van der Waals surface area contributed by atoms with Crippen LogP contribution in [0, 0.1) is 0 Å². The highest BCUT2D eigenvalue weighted by Crippen LogP contribution is 2.16. The number of carbonyl (C=O) groups is 1. The molecule has 1 aromatic carbocycles. The highest BCUT2D eigenvalue weighted by atomic mass is 32.2. The minimum atomic E-state index is -0.117.